The number of esters is 1. The minimum absolute atomic E-state index is 0.236. The number of rotatable bonds is 6. The van der Waals surface area contributed by atoms with Crippen molar-refractivity contribution < 1.29 is 9.53 Å². The lowest BCUT2D eigenvalue weighted by Gasteiger charge is -2.15. The number of hydrogen-bond donors (Lipinski definition) is 1. The van der Waals surface area contributed by atoms with Gasteiger partial charge >= 0.3 is 5.97 Å². The third-order valence-corrected chi connectivity index (χ3v) is 3.95. The van der Waals surface area contributed by atoms with Gasteiger partial charge in [-0.15, -0.1) is 0 Å². The maximum Gasteiger partial charge on any atom is 0.338 e. The summed E-state index contributed by atoms with van der Waals surface area (Å²) in [5.41, 5.74) is 2.89. The standard InChI is InChI=1S/C18H20BrNO2/c1-3-22-18(21)16-6-4-5-14(11-16)12-20-13(2)15-7-9-17(19)10-8-15/h4-11,13,20H,3,12H2,1-2H3/t13-/m0/s1. The highest BCUT2D eigenvalue weighted by Gasteiger charge is 2.08. The lowest BCUT2D eigenvalue weighted by molar-refractivity contribution is 0.0526. The summed E-state index contributed by atoms with van der Waals surface area (Å²) in [6.07, 6.45) is 0. The summed E-state index contributed by atoms with van der Waals surface area (Å²) in [6.45, 7) is 5.02. The minimum Gasteiger partial charge on any atom is -0.462 e. The van der Waals surface area contributed by atoms with Crippen LogP contribution in [0.25, 0.3) is 0 Å². The Morgan fingerprint density at radius 1 is 1.23 bits per heavy atom. The smallest absolute Gasteiger partial charge is 0.338 e. The molecule has 0 bridgehead atoms. The van der Waals surface area contributed by atoms with Crippen LogP contribution in [-0.4, -0.2) is 12.6 Å². The van der Waals surface area contributed by atoms with Gasteiger partial charge in [-0.05, 0) is 49.2 Å². The Labute approximate surface area is 139 Å². The molecule has 0 saturated carbocycles. The van der Waals surface area contributed by atoms with Crippen molar-refractivity contribution in [2.75, 3.05) is 6.61 Å². The first kappa shape index (κ1) is 16.7. The number of carbonyl (C=O) groups is 1. The van der Waals surface area contributed by atoms with Crippen LogP contribution in [0.2, 0.25) is 0 Å². The fraction of sp³-hybridized carbons (Fsp3) is 0.278. The van der Waals surface area contributed by atoms with Crippen molar-refractivity contribution in [1.82, 2.24) is 5.32 Å². The molecule has 0 heterocycles. The van der Waals surface area contributed by atoms with E-state index in [-0.39, 0.29) is 12.0 Å². The number of halogens is 1. The largest absolute Gasteiger partial charge is 0.462 e. The molecule has 116 valence electrons. The van der Waals surface area contributed by atoms with Crippen molar-refractivity contribution in [3.63, 3.8) is 0 Å². The summed E-state index contributed by atoms with van der Waals surface area (Å²) in [5.74, 6) is -0.273. The first-order chi connectivity index (χ1) is 10.6. The second-order valence-corrected chi connectivity index (χ2v) is 5.99. The van der Waals surface area contributed by atoms with Gasteiger partial charge in [-0.2, -0.15) is 0 Å². The van der Waals surface area contributed by atoms with E-state index in [0.29, 0.717) is 18.7 Å². The molecule has 2 aromatic carbocycles. The van der Waals surface area contributed by atoms with Gasteiger partial charge in [0.15, 0.2) is 0 Å². The highest BCUT2D eigenvalue weighted by molar-refractivity contribution is 9.10. The zero-order valence-corrected chi connectivity index (χ0v) is 14.4. The maximum atomic E-state index is 11.7. The summed E-state index contributed by atoms with van der Waals surface area (Å²) >= 11 is 3.44. The van der Waals surface area contributed by atoms with Gasteiger partial charge in [0.2, 0.25) is 0 Å². The average Bonchev–Trinajstić information content (AvgIpc) is 2.54. The summed E-state index contributed by atoms with van der Waals surface area (Å²) in [4.78, 5) is 11.7. The van der Waals surface area contributed by atoms with Crippen LogP contribution >= 0.6 is 15.9 Å². The molecule has 1 atom stereocenters. The Balaban J connectivity index is 1.97. The van der Waals surface area contributed by atoms with Crippen molar-refractivity contribution in [3.05, 3.63) is 69.7 Å². The SMILES string of the molecule is CCOC(=O)c1cccc(CN[C@@H](C)c2ccc(Br)cc2)c1. The number of nitrogens with one attached hydrogen (secondary N) is 1. The first-order valence-corrected chi connectivity index (χ1v) is 8.14. The third kappa shape index (κ3) is 4.68. The molecule has 22 heavy (non-hydrogen) atoms. The molecule has 0 radical (unpaired) electrons. The molecule has 0 fully saturated rings. The van der Waals surface area contributed by atoms with Crippen LogP contribution in [0.15, 0.2) is 53.0 Å². The molecule has 0 aliphatic carbocycles. The predicted octanol–water partition coefficient (Wildman–Crippen LogP) is 4.48. The fourth-order valence-corrected chi connectivity index (χ4v) is 2.43. The highest BCUT2D eigenvalue weighted by atomic mass is 79.9. The Kier molecular flexibility index (Phi) is 6.16. The number of hydrogen-bond acceptors (Lipinski definition) is 3. The third-order valence-electron chi connectivity index (χ3n) is 3.42. The Hall–Kier alpha value is -1.65. The zero-order chi connectivity index (χ0) is 15.9. The minimum atomic E-state index is -0.273. The zero-order valence-electron chi connectivity index (χ0n) is 12.8. The van der Waals surface area contributed by atoms with Crippen molar-refractivity contribution in [2.45, 2.75) is 26.4 Å². The van der Waals surface area contributed by atoms with E-state index in [2.05, 4.69) is 40.3 Å². The molecule has 0 aromatic heterocycles. The summed E-state index contributed by atoms with van der Waals surface area (Å²) in [7, 11) is 0. The van der Waals surface area contributed by atoms with Crippen molar-refractivity contribution >= 4 is 21.9 Å². The summed E-state index contributed by atoms with van der Waals surface area (Å²) < 4.78 is 6.10. The van der Waals surface area contributed by atoms with E-state index in [1.165, 1.54) is 5.56 Å². The molecule has 0 amide bonds. The molecule has 1 N–H and O–H groups in total. The van der Waals surface area contributed by atoms with Crippen molar-refractivity contribution in [1.29, 1.82) is 0 Å². The molecule has 0 spiro atoms. The molecular weight excluding hydrogens is 342 g/mol. The second-order valence-electron chi connectivity index (χ2n) is 5.07. The molecule has 2 aromatic rings. The van der Waals surface area contributed by atoms with E-state index in [1.807, 2.05) is 37.3 Å². The van der Waals surface area contributed by atoms with Crippen LogP contribution in [-0.2, 0) is 11.3 Å². The lowest BCUT2D eigenvalue weighted by Crippen LogP contribution is -2.18. The van der Waals surface area contributed by atoms with E-state index >= 15 is 0 Å². The molecular formula is C18H20BrNO2. The first-order valence-electron chi connectivity index (χ1n) is 7.35. The van der Waals surface area contributed by atoms with Gasteiger partial charge in [-0.25, -0.2) is 4.79 Å². The van der Waals surface area contributed by atoms with E-state index in [4.69, 9.17) is 4.74 Å². The van der Waals surface area contributed by atoms with Crippen LogP contribution in [0.3, 0.4) is 0 Å². The van der Waals surface area contributed by atoms with Gasteiger partial charge in [0.25, 0.3) is 0 Å². The summed E-state index contributed by atoms with van der Waals surface area (Å²) in [6, 6.07) is 16.0. The van der Waals surface area contributed by atoms with Gasteiger partial charge in [0.05, 0.1) is 12.2 Å². The molecule has 0 aliphatic rings. The fourth-order valence-electron chi connectivity index (χ4n) is 2.16. The van der Waals surface area contributed by atoms with Crippen LogP contribution in [0, 0.1) is 0 Å². The summed E-state index contributed by atoms with van der Waals surface area (Å²) in [5, 5.41) is 3.47. The molecule has 3 nitrogen and oxygen atoms in total. The Morgan fingerprint density at radius 2 is 1.95 bits per heavy atom. The quantitative estimate of drug-likeness (QED) is 0.771. The van der Waals surface area contributed by atoms with E-state index in [9.17, 15) is 4.79 Å². The second kappa shape index (κ2) is 8.11. The van der Waals surface area contributed by atoms with Crippen molar-refractivity contribution in [2.24, 2.45) is 0 Å². The van der Waals surface area contributed by atoms with E-state index < -0.39 is 0 Å². The Bertz CT molecular complexity index is 625. The van der Waals surface area contributed by atoms with E-state index in [0.717, 1.165) is 10.0 Å². The molecule has 0 unspecified atom stereocenters. The molecule has 4 heteroatoms. The predicted molar refractivity (Wildman–Crippen MR) is 91.8 cm³/mol. The number of carbonyl (C=O) groups excluding carboxylic acids is 1. The Morgan fingerprint density at radius 3 is 2.64 bits per heavy atom. The normalized spacial score (nSPS) is 12.0. The average molecular weight is 362 g/mol. The van der Waals surface area contributed by atoms with E-state index in [1.54, 1.807) is 6.07 Å². The number of benzene rings is 2. The topological polar surface area (TPSA) is 38.3 Å². The maximum absolute atomic E-state index is 11.7. The molecule has 0 aliphatic heterocycles. The van der Waals surface area contributed by atoms with Crippen LogP contribution in [0.4, 0.5) is 0 Å². The van der Waals surface area contributed by atoms with Crippen LogP contribution < -0.4 is 5.32 Å². The van der Waals surface area contributed by atoms with Gasteiger partial charge in [-0.3, -0.25) is 0 Å². The monoisotopic (exact) mass is 361 g/mol. The van der Waals surface area contributed by atoms with Gasteiger partial charge in [-0.1, -0.05) is 40.2 Å². The van der Waals surface area contributed by atoms with Crippen molar-refractivity contribution in [3.8, 4) is 0 Å². The molecule has 2 rings (SSSR count). The van der Waals surface area contributed by atoms with Gasteiger partial charge in [0, 0.05) is 17.1 Å². The lowest BCUT2D eigenvalue weighted by atomic mass is 10.1. The molecule has 0 saturated heterocycles. The van der Waals surface area contributed by atoms with Crippen LogP contribution in [0.1, 0.15) is 41.4 Å². The number of ether oxygens (including phenoxy) is 1. The van der Waals surface area contributed by atoms with Crippen LogP contribution in [0.5, 0.6) is 0 Å². The highest BCUT2D eigenvalue weighted by Crippen LogP contribution is 2.17. The van der Waals surface area contributed by atoms with Gasteiger partial charge in [0.1, 0.15) is 0 Å². The van der Waals surface area contributed by atoms with Gasteiger partial charge < -0.3 is 10.1 Å².